The van der Waals surface area contributed by atoms with E-state index in [4.69, 9.17) is 0 Å². The Morgan fingerprint density at radius 2 is 2.18 bits per heavy atom. The highest BCUT2D eigenvalue weighted by Crippen LogP contribution is 2.14. The Hall–Kier alpha value is -1.41. The lowest BCUT2D eigenvalue weighted by Gasteiger charge is -2.18. The molecule has 8 heteroatoms. The number of nitrogens with zero attached hydrogens (tertiary/aromatic N) is 3. The van der Waals surface area contributed by atoms with Crippen LogP contribution in [-0.2, 0) is 14.8 Å². The van der Waals surface area contributed by atoms with Crippen LogP contribution in [0.5, 0.6) is 0 Å². The number of likely N-dealkylation sites (N-methyl/N-ethyl adjacent to an activating group) is 1. The molecule has 0 radical (unpaired) electrons. The molecule has 2 rings (SSSR count). The zero-order valence-corrected chi connectivity index (χ0v) is 10.3. The van der Waals surface area contributed by atoms with Crippen LogP contribution in [0.4, 0.5) is 0 Å². The van der Waals surface area contributed by atoms with Gasteiger partial charge in [0.05, 0.1) is 19.1 Å². The lowest BCUT2D eigenvalue weighted by Crippen LogP contribution is -2.38. The first-order valence-corrected chi connectivity index (χ1v) is 6.68. The third-order valence-electron chi connectivity index (χ3n) is 2.73. The Balaban J connectivity index is 2.25. The van der Waals surface area contributed by atoms with Crippen molar-refractivity contribution >= 4 is 15.9 Å². The topological polar surface area (TPSA) is 86.4 Å². The Bertz CT molecular complexity index is 496. The second-order valence-electron chi connectivity index (χ2n) is 3.92. The first-order chi connectivity index (χ1) is 8.01. The number of hydrogen-bond donors (Lipinski definition) is 1. The molecule has 1 saturated heterocycles. The van der Waals surface area contributed by atoms with E-state index in [-0.39, 0.29) is 17.5 Å². The Morgan fingerprint density at radius 1 is 1.41 bits per heavy atom. The van der Waals surface area contributed by atoms with Gasteiger partial charge in [-0.3, -0.25) is 4.79 Å². The first kappa shape index (κ1) is 12.1. The van der Waals surface area contributed by atoms with Gasteiger partial charge in [-0.2, -0.15) is 4.31 Å². The highest BCUT2D eigenvalue weighted by Gasteiger charge is 2.30. The molecule has 7 nitrogen and oxygen atoms in total. The SMILES string of the molecule is CN1CCCN(S(=O)(=O)c2cnc[nH]2)CC1=O. The molecule has 0 spiro atoms. The third kappa shape index (κ3) is 2.32. The van der Waals surface area contributed by atoms with Gasteiger partial charge >= 0.3 is 0 Å². The van der Waals surface area contributed by atoms with Crippen molar-refractivity contribution in [3.05, 3.63) is 12.5 Å². The van der Waals surface area contributed by atoms with Gasteiger partial charge in [-0.15, -0.1) is 0 Å². The summed E-state index contributed by atoms with van der Waals surface area (Å²) in [6.45, 7) is 0.809. The number of amides is 1. The van der Waals surface area contributed by atoms with E-state index >= 15 is 0 Å². The summed E-state index contributed by atoms with van der Waals surface area (Å²) in [7, 11) is -1.96. The molecule has 17 heavy (non-hydrogen) atoms. The maximum absolute atomic E-state index is 12.1. The Morgan fingerprint density at radius 3 is 2.82 bits per heavy atom. The number of carbonyl (C=O) groups excluding carboxylic acids is 1. The van der Waals surface area contributed by atoms with Crippen molar-refractivity contribution in [3.63, 3.8) is 0 Å². The minimum atomic E-state index is -3.63. The molecule has 2 heterocycles. The number of H-pyrrole nitrogens is 1. The van der Waals surface area contributed by atoms with Crippen LogP contribution in [0.15, 0.2) is 17.6 Å². The molecule has 0 saturated carbocycles. The number of hydrogen-bond acceptors (Lipinski definition) is 4. The molecule has 94 valence electrons. The number of aromatic nitrogens is 2. The van der Waals surface area contributed by atoms with Gasteiger partial charge in [0.15, 0.2) is 5.03 Å². The molecule has 1 amide bonds. The highest BCUT2D eigenvalue weighted by molar-refractivity contribution is 7.89. The van der Waals surface area contributed by atoms with Crippen molar-refractivity contribution in [2.45, 2.75) is 11.4 Å². The van der Waals surface area contributed by atoms with Crippen molar-refractivity contribution in [2.24, 2.45) is 0 Å². The van der Waals surface area contributed by atoms with Gasteiger partial charge < -0.3 is 9.88 Å². The fraction of sp³-hybridized carbons (Fsp3) is 0.556. The van der Waals surface area contributed by atoms with Crippen LogP contribution >= 0.6 is 0 Å². The van der Waals surface area contributed by atoms with E-state index in [0.29, 0.717) is 19.5 Å². The number of nitrogens with one attached hydrogen (secondary N) is 1. The van der Waals surface area contributed by atoms with E-state index in [9.17, 15) is 13.2 Å². The number of rotatable bonds is 2. The maximum atomic E-state index is 12.1. The Kier molecular flexibility index (Phi) is 3.16. The first-order valence-electron chi connectivity index (χ1n) is 5.24. The summed E-state index contributed by atoms with van der Waals surface area (Å²) in [5, 5.41) is 0.0230. The molecule has 0 unspecified atom stereocenters. The summed E-state index contributed by atoms with van der Waals surface area (Å²) in [5.41, 5.74) is 0. The lowest BCUT2D eigenvalue weighted by molar-refractivity contribution is -0.129. The normalized spacial score (nSPS) is 19.4. The second kappa shape index (κ2) is 4.46. The van der Waals surface area contributed by atoms with E-state index in [1.165, 1.54) is 16.8 Å². The van der Waals surface area contributed by atoms with Crippen LogP contribution in [0.1, 0.15) is 6.42 Å². The molecule has 1 aliphatic rings. The predicted molar refractivity (Wildman–Crippen MR) is 59.6 cm³/mol. The van der Waals surface area contributed by atoms with Crippen molar-refractivity contribution in [2.75, 3.05) is 26.7 Å². The van der Waals surface area contributed by atoms with E-state index in [1.54, 1.807) is 11.9 Å². The van der Waals surface area contributed by atoms with Gasteiger partial charge in [-0.25, -0.2) is 13.4 Å². The van der Waals surface area contributed by atoms with Crippen molar-refractivity contribution in [1.29, 1.82) is 0 Å². The summed E-state index contributed by atoms with van der Waals surface area (Å²) in [6, 6.07) is 0. The zero-order valence-electron chi connectivity index (χ0n) is 9.46. The van der Waals surface area contributed by atoms with Gasteiger partial charge in [0, 0.05) is 20.1 Å². The average molecular weight is 258 g/mol. The predicted octanol–water partition coefficient (Wildman–Crippen LogP) is -0.738. The van der Waals surface area contributed by atoms with Gasteiger partial charge in [-0.1, -0.05) is 0 Å². The molecule has 1 aromatic heterocycles. The fourth-order valence-electron chi connectivity index (χ4n) is 1.69. The Labute approximate surface area is 99.5 Å². The quantitative estimate of drug-likeness (QED) is 0.757. The van der Waals surface area contributed by atoms with Crippen molar-refractivity contribution in [1.82, 2.24) is 19.2 Å². The minimum Gasteiger partial charge on any atom is -0.345 e. The van der Waals surface area contributed by atoms with E-state index < -0.39 is 10.0 Å². The van der Waals surface area contributed by atoms with E-state index in [2.05, 4.69) is 9.97 Å². The third-order valence-corrected chi connectivity index (χ3v) is 4.50. The second-order valence-corrected chi connectivity index (χ2v) is 5.83. The number of aromatic amines is 1. The van der Waals surface area contributed by atoms with Crippen LogP contribution in [-0.4, -0.2) is 60.2 Å². The summed E-state index contributed by atoms with van der Waals surface area (Å²) in [4.78, 5) is 19.4. The number of sulfonamides is 1. The summed E-state index contributed by atoms with van der Waals surface area (Å²) >= 11 is 0. The van der Waals surface area contributed by atoms with Crippen LogP contribution in [0.2, 0.25) is 0 Å². The lowest BCUT2D eigenvalue weighted by atomic mass is 10.4. The highest BCUT2D eigenvalue weighted by atomic mass is 32.2. The number of carbonyl (C=O) groups is 1. The molecule has 0 aromatic carbocycles. The van der Waals surface area contributed by atoms with Gasteiger partial charge in [0.25, 0.3) is 10.0 Å². The molecular weight excluding hydrogens is 244 g/mol. The molecule has 0 bridgehead atoms. The molecule has 0 aliphatic carbocycles. The van der Waals surface area contributed by atoms with Crippen LogP contribution in [0, 0.1) is 0 Å². The summed E-state index contributed by atoms with van der Waals surface area (Å²) in [5.74, 6) is -0.189. The van der Waals surface area contributed by atoms with E-state index in [1.807, 2.05) is 0 Å². The van der Waals surface area contributed by atoms with Crippen LogP contribution < -0.4 is 0 Å². The molecule has 1 aromatic rings. The summed E-state index contributed by atoms with van der Waals surface area (Å²) in [6.07, 6.45) is 3.18. The van der Waals surface area contributed by atoms with Gasteiger partial charge in [-0.05, 0) is 6.42 Å². The zero-order chi connectivity index (χ0) is 12.5. The van der Waals surface area contributed by atoms with Gasteiger partial charge in [0.2, 0.25) is 5.91 Å². The largest absolute Gasteiger partial charge is 0.345 e. The van der Waals surface area contributed by atoms with Crippen molar-refractivity contribution in [3.8, 4) is 0 Å². The minimum absolute atomic E-state index is 0.0230. The standard InChI is InChI=1S/C9H14N4O3S/c1-12-3-2-4-13(6-9(12)14)17(15,16)8-5-10-7-11-8/h5,7H,2-4,6H2,1H3,(H,10,11). The van der Waals surface area contributed by atoms with E-state index in [0.717, 1.165) is 0 Å². The fourth-order valence-corrected chi connectivity index (χ4v) is 3.01. The monoisotopic (exact) mass is 258 g/mol. The molecule has 1 aliphatic heterocycles. The van der Waals surface area contributed by atoms with Crippen LogP contribution in [0.3, 0.4) is 0 Å². The molecule has 1 N–H and O–H groups in total. The molecular formula is C9H14N4O3S. The number of imidazole rings is 1. The smallest absolute Gasteiger partial charge is 0.260 e. The maximum Gasteiger partial charge on any atom is 0.260 e. The van der Waals surface area contributed by atoms with Crippen LogP contribution in [0.25, 0.3) is 0 Å². The van der Waals surface area contributed by atoms with Gasteiger partial charge in [0.1, 0.15) is 0 Å². The summed E-state index contributed by atoms with van der Waals surface area (Å²) < 4.78 is 25.5. The molecule has 1 fully saturated rings. The van der Waals surface area contributed by atoms with Crippen molar-refractivity contribution < 1.29 is 13.2 Å². The average Bonchev–Trinajstić information content (AvgIpc) is 2.75. The molecule has 0 atom stereocenters.